The van der Waals surface area contributed by atoms with E-state index >= 15 is 4.39 Å². The lowest BCUT2D eigenvalue weighted by Gasteiger charge is -2.32. The number of fused-ring (bicyclic) bond motifs is 1. The van der Waals surface area contributed by atoms with Crippen LogP contribution in [0.15, 0.2) is 30.3 Å². The van der Waals surface area contributed by atoms with E-state index in [0.717, 1.165) is 34.8 Å². The van der Waals surface area contributed by atoms with Crippen LogP contribution in [0, 0.1) is 17.2 Å². The molecule has 1 unspecified atom stereocenters. The minimum atomic E-state index is -1.25. The molecule has 0 radical (unpaired) electrons. The van der Waals surface area contributed by atoms with Crippen LogP contribution in [0.2, 0.25) is 0 Å². The van der Waals surface area contributed by atoms with Crippen molar-refractivity contribution in [3.63, 3.8) is 0 Å². The highest BCUT2D eigenvalue weighted by Crippen LogP contribution is 2.40. The van der Waals surface area contributed by atoms with E-state index in [0.29, 0.717) is 50.7 Å². The molecule has 0 spiro atoms. The topological polar surface area (TPSA) is 64.4 Å². The summed E-state index contributed by atoms with van der Waals surface area (Å²) in [6, 6.07) is 11.7. The number of nitrogens with one attached hydrogen (secondary N) is 1. The van der Waals surface area contributed by atoms with Crippen molar-refractivity contribution in [2.24, 2.45) is 5.92 Å². The van der Waals surface area contributed by atoms with Crippen molar-refractivity contribution in [2.75, 3.05) is 38.3 Å². The molecule has 0 amide bonds. The standard InChI is InChI=1S/C24H28FN5O/c1-29-14-21-22(30(29)16-24(25)9-10-27-15-24)12-20(19-6-4-18(13-26)5-7-19)23(28-21)31-11-8-17-2-3-17/h4-7,12,17,27H,2-3,8-11,14-16H2,1H3. The number of hydrogen-bond donors (Lipinski definition) is 1. The van der Waals surface area contributed by atoms with Gasteiger partial charge in [0.25, 0.3) is 0 Å². The summed E-state index contributed by atoms with van der Waals surface area (Å²) in [4.78, 5) is 4.88. The van der Waals surface area contributed by atoms with Gasteiger partial charge in [-0.05, 0) is 49.1 Å². The van der Waals surface area contributed by atoms with Crippen molar-refractivity contribution >= 4 is 5.69 Å². The van der Waals surface area contributed by atoms with Gasteiger partial charge in [0.2, 0.25) is 5.88 Å². The van der Waals surface area contributed by atoms with Gasteiger partial charge in [0.15, 0.2) is 0 Å². The summed E-state index contributed by atoms with van der Waals surface area (Å²) < 4.78 is 21.4. The number of hydrogen-bond acceptors (Lipinski definition) is 6. The molecule has 0 bridgehead atoms. The number of benzene rings is 1. The molecule has 1 saturated carbocycles. The van der Waals surface area contributed by atoms with E-state index in [1.165, 1.54) is 12.8 Å². The third kappa shape index (κ3) is 4.23. The van der Waals surface area contributed by atoms with Gasteiger partial charge in [-0.15, -0.1) is 0 Å². The highest BCUT2D eigenvalue weighted by molar-refractivity contribution is 5.75. The van der Waals surface area contributed by atoms with Crippen LogP contribution in [0.25, 0.3) is 11.1 Å². The Labute approximate surface area is 182 Å². The SMILES string of the molecule is CN1Cc2nc(OCCC3CC3)c(-c3ccc(C#N)cc3)cc2N1CC1(F)CCNC1. The molecule has 1 aromatic carbocycles. The van der Waals surface area contributed by atoms with E-state index in [1.807, 2.05) is 29.2 Å². The van der Waals surface area contributed by atoms with E-state index in [2.05, 4.69) is 17.5 Å². The number of nitrogens with zero attached hydrogens (tertiary/aromatic N) is 4. The van der Waals surface area contributed by atoms with E-state index in [4.69, 9.17) is 15.0 Å². The highest BCUT2D eigenvalue weighted by atomic mass is 19.1. The molecule has 2 aromatic rings. The zero-order chi connectivity index (χ0) is 21.4. The molecule has 1 atom stereocenters. The maximum absolute atomic E-state index is 15.3. The second-order valence-corrected chi connectivity index (χ2v) is 9.03. The van der Waals surface area contributed by atoms with Crippen LogP contribution in [-0.4, -0.2) is 49.0 Å². The second kappa shape index (κ2) is 8.10. The summed E-state index contributed by atoms with van der Waals surface area (Å²) in [6.07, 6.45) is 4.16. The highest BCUT2D eigenvalue weighted by Gasteiger charge is 2.39. The molecule has 1 saturated heterocycles. The molecule has 1 aromatic heterocycles. The van der Waals surface area contributed by atoms with Crippen molar-refractivity contribution < 1.29 is 9.13 Å². The number of anilines is 1. The smallest absolute Gasteiger partial charge is 0.221 e. The summed E-state index contributed by atoms with van der Waals surface area (Å²) in [7, 11) is 1.97. The molecule has 6 nitrogen and oxygen atoms in total. The predicted octanol–water partition coefficient (Wildman–Crippen LogP) is 3.67. The fraction of sp³-hybridized carbons (Fsp3) is 0.500. The first-order valence-corrected chi connectivity index (χ1v) is 11.1. The van der Waals surface area contributed by atoms with Gasteiger partial charge in [0, 0.05) is 19.2 Å². The maximum atomic E-state index is 15.3. The molecule has 5 rings (SSSR count). The molecule has 1 N–H and O–H groups in total. The zero-order valence-electron chi connectivity index (χ0n) is 17.9. The molecular weight excluding hydrogens is 393 g/mol. The van der Waals surface area contributed by atoms with Gasteiger partial charge in [-0.1, -0.05) is 25.0 Å². The van der Waals surface area contributed by atoms with Gasteiger partial charge in [-0.25, -0.2) is 14.4 Å². The number of pyridine rings is 1. The van der Waals surface area contributed by atoms with Crippen molar-refractivity contribution in [3.8, 4) is 23.1 Å². The van der Waals surface area contributed by atoms with Crippen molar-refractivity contribution in [1.82, 2.24) is 15.3 Å². The summed E-state index contributed by atoms with van der Waals surface area (Å²) in [5.41, 5.74) is 3.04. The number of alkyl halides is 1. The molecule has 7 heteroatoms. The number of aromatic nitrogens is 1. The predicted molar refractivity (Wildman–Crippen MR) is 117 cm³/mol. The summed E-state index contributed by atoms with van der Waals surface area (Å²) in [5, 5.41) is 16.3. The molecular formula is C24H28FN5O. The monoisotopic (exact) mass is 421 g/mol. The number of ether oxygens (including phenoxy) is 1. The van der Waals surface area contributed by atoms with Gasteiger partial charge < -0.3 is 15.1 Å². The number of rotatable bonds is 7. The quantitative estimate of drug-likeness (QED) is 0.736. The molecule has 2 aliphatic heterocycles. The Morgan fingerprint density at radius 1 is 1.32 bits per heavy atom. The fourth-order valence-corrected chi connectivity index (χ4v) is 4.44. The van der Waals surface area contributed by atoms with Crippen LogP contribution in [0.5, 0.6) is 5.88 Å². The van der Waals surface area contributed by atoms with Gasteiger partial charge in [-0.2, -0.15) is 5.26 Å². The van der Waals surface area contributed by atoms with Crippen molar-refractivity contribution in [2.45, 2.75) is 37.9 Å². The molecule has 1 aliphatic carbocycles. The lowest BCUT2D eigenvalue weighted by molar-refractivity contribution is 0.167. The Kier molecular flexibility index (Phi) is 5.28. The fourth-order valence-electron chi connectivity index (χ4n) is 4.44. The molecule has 3 heterocycles. The average molecular weight is 422 g/mol. The Bertz CT molecular complexity index is 992. The lowest BCUT2D eigenvalue weighted by Crippen LogP contribution is -2.46. The van der Waals surface area contributed by atoms with Gasteiger partial charge in [0.1, 0.15) is 5.67 Å². The second-order valence-electron chi connectivity index (χ2n) is 9.03. The molecule has 162 valence electrons. The Morgan fingerprint density at radius 2 is 2.13 bits per heavy atom. The van der Waals surface area contributed by atoms with Crippen LogP contribution in [0.4, 0.5) is 10.1 Å². The number of nitriles is 1. The molecule has 3 aliphatic rings. The first-order chi connectivity index (χ1) is 15.0. The number of hydrazine groups is 1. The van der Waals surface area contributed by atoms with Crippen LogP contribution in [0.3, 0.4) is 0 Å². The lowest BCUT2D eigenvalue weighted by atomic mass is 10.0. The minimum Gasteiger partial charge on any atom is -0.477 e. The summed E-state index contributed by atoms with van der Waals surface area (Å²) in [5.74, 6) is 1.41. The Balaban J connectivity index is 1.48. The average Bonchev–Trinajstić information content (AvgIpc) is 3.43. The first kappa shape index (κ1) is 20.2. The van der Waals surface area contributed by atoms with Crippen LogP contribution in [-0.2, 0) is 6.54 Å². The summed E-state index contributed by atoms with van der Waals surface area (Å²) >= 11 is 0. The molecule has 31 heavy (non-hydrogen) atoms. The minimum absolute atomic E-state index is 0.305. The summed E-state index contributed by atoms with van der Waals surface area (Å²) in [6.45, 7) is 2.68. The van der Waals surface area contributed by atoms with Crippen molar-refractivity contribution in [1.29, 1.82) is 5.26 Å². The van der Waals surface area contributed by atoms with Crippen LogP contribution >= 0.6 is 0 Å². The van der Waals surface area contributed by atoms with Crippen molar-refractivity contribution in [3.05, 3.63) is 41.6 Å². The maximum Gasteiger partial charge on any atom is 0.221 e. The Hall–Kier alpha value is -2.69. The zero-order valence-corrected chi connectivity index (χ0v) is 17.9. The number of halogens is 1. The third-order valence-electron chi connectivity index (χ3n) is 6.52. The molecule has 2 fully saturated rings. The Morgan fingerprint density at radius 3 is 2.81 bits per heavy atom. The first-order valence-electron chi connectivity index (χ1n) is 11.1. The van der Waals surface area contributed by atoms with Crippen LogP contribution < -0.4 is 15.1 Å². The van der Waals surface area contributed by atoms with E-state index in [9.17, 15) is 0 Å². The van der Waals surface area contributed by atoms with Crippen LogP contribution in [0.1, 0.15) is 36.9 Å². The van der Waals surface area contributed by atoms with Gasteiger partial charge in [-0.3, -0.25) is 0 Å². The largest absolute Gasteiger partial charge is 0.477 e. The van der Waals surface area contributed by atoms with E-state index < -0.39 is 5.67 Å². The van der Waals surface area contributed by atoms with Gasteiger partial charge in [0.05, 0.1) is 42.7 Å². The normalized spacial score (nSPS) is 23.1. The third-order valence-corrected chi connectivity index (χ3v) is 6.52. The van der Waals surface area contributed by atoms with E-state index in [1.54, 1.807) is 12.1 Å². The van der Waals surface area contributed by atoms with E-state index in [-0.39, 0.29) is 0 Å². The van der Waals surface area contributed by atoms with Gasteiger partial charge >= 0.3 is 0 Å².